The van der Waals surface area contributed by atoms with Crippen LogP contribution >= 0.6 is 11.8 Å². The molecule has 2 aromatic rings. The number of rotatable bonds is 3. The van der Waals surface area contributed by atoms with Crippen molar-refractivity contribution in [2.75, 3.05) is 0 Å². The highest BCUT2D eigenvalue weighted by atomic mass is 32.2. The Morgan fingerprint density at radius 3 is 2.32 bits per heavy atom. The van der Waals surface area contributed by atoms with Gasteiger partial charge in [-0.05, 0) is 30.3 Å². The summed E-state index contributed by atoms with van der Waals surface area (Å²) in [5.41, 5.74) is -1.27. The van der Waals surface area contributed by atoms with Crippen LogP contribution in [0.25, 0.3) is 0 Å². The number of hydrogen-bond acceptors (Lipinski definition) is 3. The number of aromatic nitrogens is 1. The molecule has 1 aromatic carbocycles. The number of hydrogen-bond donors (Lipinski definition) is 0. The third kappa shape index (κ3) is 3.35. The summed E-state index contributed by atoms with van der Waals surface area (Å²) in [5.74, 6) is 0. The van der Waals surface area contributed by atoms with E-state index in [1.54, 1.807) is 24.5 Å². The van der Waals surface area contributed by atoms with E-state index in [2.05, 4.69) is 4.98 Å². The molecule has 19 heavy (non-hydrogen) atoms. The molecule has 0 N–H and O–H groups in total. The molecule has 1 aromatic heterocycles. The van der Waals surface area contributed by atoms with Gasteiger partial charge in [-0.1, -0.05) is 11.8 Å². The van der Waals surface area contributed by atoms with Crippen molar-refractivity contribution in [3.63, 3.8) is 0 Å². The van der Waals surface area contributed by atoms with Gasteiger partial charge in [0.2, 0.25) is 0 Å². The molecular formula is C13H8F3NOS. The van der Waals surface area contributed by atoms with Crippen LogP contribution in [0.2, 0.25) is 0 Å². The highest BCUT2D eigenvalue weighted by Gasteiger charge is 2.33. The molecule has 98 valence electrons. The molecule has 0 aliphatic carbocycles. The van der Waals surface area contributed by atoms with E-state index in [1.165, 1.54) is 23.9 Å². The molecule has 0 fully saturated rings. The standard InChI is InChI=1S/C13H8F3NOS/c14-13(15,16)12-7-11(2-1-9(12)8-18)19-10-3-5-17-6-4-10/h1-8H. The van der Waals surface area contributed by atoms with Crippen LogP contribution in [0.3, 0.4) is 0 Å². The van der Waals surface area contributed by atoms with E-state index in [-0.39, 0.29) is 11.8 Å². The minimum Gasteiger partial charge on any atom is -0.298 e. The maximum Gasteiger partial charge on any atom is 0.417 e. The van der Waals surface area contributed by atoms with E-state index < -0.39 is 11.7 Å². The lowest BCUT2D eigenvalue weighted by molar-refractivity contribution is -0.138. The van der Waals surface area contributed by atoms with Gasteiger partial charge in [0.25, 0.3) is 0 Å². The largest absolute Gasteiger partial charge is 0.417 e. The van der Waals surface area contributed by atoms with Gasteiger partial charge in [-0.3, -0.25) is 9.78 Å². The molecule has 2 nitrogen and oxygen atoms in total. The number of aldehydes is 1. The number of benzene rings is 1. The van der Waals surface area contributed by atoms with Gasteiger partial charge in [0.05, 0.1) is 5.56 Å². The average Bonchev–Trinajstić information content (AvgIpc) is 2.39. The Hall–Kier alpha value is -1.82. The quantitative estimate of drug-likeness (QED) is 0.795. The summed E-state index contributed by atoms with van der Waals surface area (Å²) in [6.07, 6.45) is -1.20. The van der Waals surface area contributed by atoms with Gasteiger partial charge >= 0.3 is 6.18 Å². The summed E-state index contributed by atoms with van der Waals surface area (Å²) in [5, 5.41) is 0. The Labute approximate surface area is 111 Å². The van der Waals surface area contributed by atoms with E-state index in [0.717, 1.165) is 11.0 Å². The van der Waals surface area contributed by atoms with E-state index in [1.807, 2.05) is 0 Å². The molecule has 1 heterocycles. The van der Waals surface area contributed by atoms with Crippen LogP contribution in [0.1, 0.15) is 15.9 Å². The Balaban J connectivity index is 2.36. The summed E-state index contributed by atoms with van der Waals surface area (Å²) in [6, 6.07) is 7.05. The SMILES string of the molecule is O=Cc1ccc(Sc2ccncc2)cc1C(F)(F)F. The van der Waals surface area contributed by atoms with Crippen molar-refractivity contribution >= 4 is 18.0 Å². The Morgan fingerprint density at radius 2 is 1.74 bits per heavy atom. The van der Waals surface area contributed by atoms with E-state index in [0.29, 0.717) is 4.90 Å². The zero-order chi connectivity index (χ0) is 13.9. The van der Waals surface area contributed by atoms with Crippen molar-refractivity contribution in [3.8, 4) is 0 Å². The fourth-order valence-corrected chi connectivity index (χ4v) is 2.33. The topological polar surface area (TPSA) is 30.0 Å². The number of alkyl halides is 3. The van der Waals surface area contributed by atoms with Gasteiger partial charge in [0, 0.05) is 27.7 Å². The van der Waals surface area contributed by atoms with Crippen LogP contribution in [-0.4, -0.2) is 11.3 Å². The van der Waals surface area contributed by atoms with Crippen LogP contribution in [0.4, 0.5) is 13.2 Å². The van der Waals surface area contributed by atoms with Crippen molar-refractivity contribution in [2.45, 2.75) is 16.0 Å². The summed E-state index contributed by atoms with van der Waals surface area (Å²) in [7, 11) is 0. The summed E-state index contributed by atoms with van der Waals surface area (Å²) >= 11 is 1.18. The number of halogens is 3. The normalized spacial score (nSPS) is 11.3. The van der Waals surface area contributed by atoms with Crippen molar-refractivity contribution in [1.29, 1.82) is 0 Å². The zero-order valence-electron chi connectivity index (χ0n) is 9.52. The first-order valence-electron chi connectivity index (χ1n) is 5.25. The van der Waals surface area contributed by atoms with Crippen LogP contribution < -0.4 is 0 Å². The van der Waals surface area contributed by atoms with Gasteiger partial charge in [0.1, 0.15) is 0 Å². The average molecular weight is 283 g/mol. The maximum absolute atomic E-state index is 12.8. The highest BCUT2D eigenvalue weighted by molar-refractivity contribution is 7.99. The Kier molecular flexibility index (Phi) is 3.90. The molecule has 0 aliphatic heterocycles. The summed E-state index contributed by atoms with van der Waals surface area (Å²) in [4.78, 5) is 15.7. The lowest BCUT2D eigenvalue weighted by atomic mass is 10.1. The number of carbonyl (C=O) groups excluding carboxylic acids is 1. The molecule has 0 atom stereocenters. The van der Waals surface area contributed by atoms with Crippen LogP contribution in [0.15, 0.2) is 52.5 Å². The second kappa shape index (κ2) is 5.44. The van der Waals surface area contributed by atoms with E-state index >= 15 is 0 Å². The first kappa shape index (κ1) is 13.6. The smallest absolute Gasteiger partial charge is 0.298 e. The number of carbonyl (C=O) groups is 1. The van der Waals surface area contributed by atoms with Crippen LogP contribution in [0, 0.1) is 0 Å². The number of pyridine rings is 1. The second-order valence-corrected chi connectivity index (χ2v) is 4.80. The van der Waals surface area contributed by atoms with Gasteiger partial charge in [-0.2, -0.15) is 13.2 Å². The fraction of sp³-hybridized carbons (Fsp3) is 0.0769. The molecule has 0 saturated heterocycles. The molecule has 6 heteroatoms. The molecule has 0 spiro atoms. The number of nitrogens with zero attached hydrogens (tertiary/aromatic N) is 1. The van der Waals surface area contributed by atoms with Crippen LogP contribution in [-0.2, 0) is 6.18 Å². The molecule has 0 aliphatic rings. The van der Waals surface area contributed by atoms with E-state index in [4.69, 9.17) is 0 Å². The first-order valence-corrected chi connectivity index (χ1v) is 6.06. The minimum atomic E-state index is -4.54. The van der Waals surface area contributed by atoms with Gasteiger partial charge < -0.3 is 0 Å². The lowest BCUT2D eigenvalue weighted by Gasteiger charge is -2.11. The summed E-state index contributed by atoms with van der Waals surface area (Å²) < 4.78 is 38.3. The molecule has 2 rings (SSSR count). The van der Waals surface area contributed by atoms with Crippen molar-refractivity contribution in [1.82, 2.24) is 4.98 Å². The second-order valence-electron chi connectivity index (χ2n) is 3.65. The third-order valence-corrected chi connectivity index (χ3v) is 3.34. The van der Waals surface area contributed by atoms with Gasteiger partial charge in [-0.25, -0.2) is 0 Å². The Morgan fingerprint density at radius 1 is 1.05 bits per heavy atom. The Bertz CT molecular complexity index is 584. The predicted molar refractivity (Wildman–Crippen MR) is 65.2 cm³/mol. The van der Waals surface area contributed by atoms with E-state index in [9.17, 15) is 18.0 Å². The third-order valence-electron chi connectivity index (χ3n) is 2.34. The molecule has 0 bridgehead atoms. The van der Waals surface area contributed by atoms with Gasteiger partial charge in [0.15, 0.2) is 6.29 Å². The molecule has 0 radical (unpaired) electrons. The van der Waals surface area contributed by atoms with Crippen molar-refractivity contribution < 1.29 is 18.0 Å². The molecule has 0 unspecified atom stereocenters. The lowest BCUT2D eigenvalue weighted by Crippen LogP contribution is -2.08. The summed E-state index contributed by atoms with van der Waals surface area (Å²) in [6.45, 7) is 0. The van der Waals surface area contributed by atoms with Crippen molar-refractivity contribution in [2.24, 2.45) is 0 Å². The minimum absolute atomic E-state index is 0.212. The predicted octanol–water partition coefficient (Wildman–Crippen LogP) is 4.06. The zero-order valence-corrected chi connectivity index (χ0v) is 10.3. The maximum atomic E-state index is 12.8. The molecule has 0 saturated carbocycles. The fourth-order valence-electron chi connectivity index (χ4n) is 1.49. The van der Waals surface area contributed by atoms with Gasteiger partial charge in [-0.15, -0.1) is 0 Å². The first-order chi connectivity index (χ1) is 9.00. The highest BCUT2D eigenvalue weighted by Crippen LogP contribution is 2.36. The molecule has 0 amide bonds. The molecular weight excluding hydrogens is 275 g/mol. The van der Waals surface area contributed by atoms with Crippen molar-refractivity contribution in [3.05, 3.63) is 53.9 Å². The monoisotopic (exact) mass is 283 g/mol. The van der Waals surface area contributed by atoms with Crippen LogP contribution in [0.5, 0.6) is 0 Å².